The molecular weight excluding hydrogens is 250 g/mol. The Labute approximate surface area is 118 Å². The van der Waals surface area contributed by atoms with Crippen LogP contribution in [0, 0.1) is 25.2 Å². The van der Waals surface area contributed by atoms with Crippen LogP contribution in [0.2, 0.25) is 0 Å². The molecule has 2 aromatic rings. The molecule has 0 heterocycles. The topological polar surface area (TPSA) is 64.2 Å². The van der Waals surface area contributed by atoms with Gasteiger partial charge in [0.25, 0.3) is 0 Å². The molecule has 0 saturated carbocycles. The van der Waals surface area contributed by atoms with Gasteiger partial charge in [-0.3, -0.25) is 0 Å². The van der Waals surface area contributed by atoms with Gasteiger partial charge in [-0.15, -0.1) is 0 Å². The van der Waals surface area contributed by atoms with E-state index in [1.165, 1.54) is 0 Å². The van der Waals surface area contributed by atoms with Crippen LogP contribution in [0.15, 0.2) is 36.4 Å². The third-order valence-corrected chi connectivity index (χ3v) is 3.41. The predicted octanol–water partition coefficient (Wildman–Crippen LogP) is 2.87. The summed E-state index contributed by atoms with van der Waals surface area (Å²) in [5.74, 6) is 0. The molecule has 0 saturated heterocycles. The summed E-state index contributed by atoms with van der Waals surface area (Å²) in [5, 5.41) is 28.1. The van der Waals surface area contributed by atoms with E-state index in [1.54, 1.807) is 6.07 Å². The fourth-order valence-corrected chi connectivity index (χ4v) is 2.23. The molecule has 3 nitrogen and oxygen atoms in total. The maximum absolute atomic E-state index is 9.75. The van der Waals surface area contributed by atoms with Gasteiger partial charge in [-0.2, -0.15) is 5.26 Å². The zero-order chi connectivity index (χ0) is 14.7. The lowest BCUT2D eigenvalue weighted by molar-refractivity contribution is 0.0956. The molecule has 0 aliphatic rings. The van der Waals surface area contributed by atoms with Crippen molar-refractivity contribution in [3.8, 4) is 17.2 Å². The van der Waals surface area contributed by atoms with Crippen molar-refractivity contribution in [2.24, 2.45) is 0 Å². The number of aliphatic hydroxyl groups excluding tert-OH is 2. The number of aryl methyl sites for hydroxylation is 2. The number of nitrogens with zero attached hydrogens (tertiary/aromatic N) is 1. The van der Waals surface area contributed by atoms with E-state index in [-0.39, 0.29) is 6.61 Å². The van der Waals surface area contributed by atoms with Gasteiger partial charge in [0.1, 0.15) is 6.10 Å². The Kier molecular flexibility index (Phi) is 4.19. The summed E-state index contributed by atoms with van der Waals surface area (Å²) >= 11 is 0. The molecule has 3 heteroatoms. The molecule has 2 rings (SSSR count). The summed E-state index contributed by atoms with van der Waals surface area (Å²) in [7, 11) is 0. The Hall–Kier alpha value is -2.15. The minimum atomic E-state index is -0.898. The van der Waals surface area contributed by atoms with Crippen molar-refractivity contribution in [1.82, 2.24) is 0 Å². The molecule has 0 amide bonds. The fourth-order valence-electron chi connectivity index (χ4n) is 2.23. The molecule has 0 bridgehead atoms. The second kappa shape index (κ2) is 5.87. The molecule has 2 N–H and O–H groups in total. The molecule has 0 spiro atoms. The number of rotatable bonds is 3. The van der Waals surface area contributed by atoms with Crippen LogP contribution in [-0.4, -0.2) is 16.8 Å². The van der Waals surface area contributed by atoms with Crippen LogP contribution < -0.4 is 0 Å². The monoisotopic (exact) mass is 267 g/mol. The minimum absolute atomic E-state index is 0.318. The normalized spacial score (nSPS) is 11.9. The van der Waals surface area contributed by atoms with Gasteiger partial charge in [0.2, 0.25) is 0 Å². The molecule has 0 aromatic heterocycles. The first kappa shape index (κ1) is 14.3. The molecule has 1 atom stereocenters. The van der Waals surface area contributed by atoms with Gasteiger partial charge in [0, 0.05) is 0 Å². The SMILES string of the molecule is Cc1ccc(-c2cc(C(O)CO)ccc2C)c(C#N)c1. The third-order valence-electron chi connectivity index (χ3n) is 3.41. The van der Waals surface area contributed by atoms with Crippen LogP contribution in [0.3, 0.4) is 0 Å². The van der Waals surface area contributed by atoms with E-state index in [1.807, 2.05) is 44.2 Å². The standard InChI is InChI=1S/C17H17NO2/c1-11-3-6-15(14(7-11)9-18)16-8-13(17(20)10-19)5-4-12(16)2/h3-8,17,19-20H,10H2,1-2H3. The Morgan fingerprint density at radius 2 is 1.85 bits per heavy atom. The number of nitriles is 1. The molecule has 0 aliphatic carbocycles. The smallest absolute Gasteiger partial charge is 0.102 e. The lowest BCUT2D eigenvalue weighted by Crippen LogP contribution is -2.03. The molecular formula is C17H17NO2. The molecule has 0 fully saturated rings. The van der Waals surface area contributed by atoms with Gasteiger partial charge in [-0.25, -0.2) is 0 Å². The highest BCUT2D eigenvalue weighted by Crippen LogP contribution is 2.30. The first-order valence-electron chi connectivity index (χ1n) is 6.47. The van der Waals surface area contributed by atoms with Crippen LogP contribution in [0.5, 0.6) is 0 Å². The second-order valence-corrected chi connectivity index (χ2v) is 4.93. The number of hydrogen-bond donors (Lipinski definition) is 2. The van der Waals surface area contributed by atoms with Crippen LogP contribution in [0.1, 0.15) is 28.4 Å². The Balaban J connectivity index is 2.61. The number of hydrogen-bond acceptors (Lipinski definition) is 3. The van der Waals surface area contributed by atoms with E-state index >= 15 is 0 Å². The van der Waals surface area contributed by atoms with Gasteiger partial charge in [-0.1, -0.05) is 24.3 Å². The Morgan fingerprint density at radius 1 is 1.10 bits per heavy atom. The molecule has 2 aromatic carbocycles. The third kappa shape index (κ3) is 2.72. The lowest BCUT2D eigenvalue weighted by atomic mass is 9.92. The number of aliphatic hydroxyl groups is 2. The van der Waals surface area contributed by atoms with Crippen LogP contribution in [-0.2, 0) is 0 Å². The largest absolute Gasteiger partial charge is 0.393 e. The van der Waals surface area contributed by atoms with Gasteiger partial charge in [0.15, 0.2) is 0 Å². The fraction of sp³-hybridized carbons (Fsp3) is 0.235. The van der Waals surface area contributed by atoms with Crippen molar-refractivity contribution in [3.63, 3.8) is 0 Å². The van der Waals surface area contributed by atoms with Crippen molar-refractivity contribution < 1.29 is 10.2 Å². The summed E-state index contributed by atoms with van der Waals surface area (Å²) in [6.45, 7) is 3.59. The maximum Gasteiger partial charge on any atom is 0.102 e. The minimum Gasteiger partial charge on any atom is -0.393 e. The molecule has 1 unspecified atom stereocenters. The predicted molar refractivity (Wildman–Crippen MR) is 78.1 cm³/mol. The molecule has 102 valence electrons. The zero-order valence-electron chi connectivity index (χ0n) is 11.6. The highest BCUT2D eigenvalue weighted by Gasteiger charge is 2.12. The van der Waals surface area contributed by atoms with E-state index in [0.717, 1.165) is 22.3 Å². The Bertz CT molecular complexity index is 671. The number of benzene rings is 2. The van der Waals surface area contributed by atoms with E-state index in [4.69, 9.17) is 5.11 Å². The van der Waals surface area contributed by atoms with Crippen LogP contribution >= 0.6 is 0 Å². The van der Waals surface area contributed by atoms with E-state index in [0.29, 0.717) is 11.1 Å². The van der Waals surface area contributed by atoms with Gasteiger partial charge >= 0.3 is 0 Å². The van der Waals surface area contributed by atoms with E-state index in [9.17, 15) is 10.4 Å². The quantitative estimate of drug-likeness (QED) is 0.898. The van der Waals surface area contributed by atoms with E-state index < -0.39 is 6.10 Å². The van der Waals surface area contributed by atoms with Crippen molar-refractivity contribution in [2.75, 3.05) is 6.61 Å². The summed E-state index contributed by atoms with van der Waals surface area (Å²) < 4.78 is 0. The summed E-state index contributed by atoms with van der Waals surface area (Å²) in [4.78, 5) is 0. The molecule has 0 aliphatic heterocycles. The molecule has 20 heavy (non-hydrogen) atoms. The summed E-state index contributed by atoms with van der Waals surface area (Å²) in [5.41, 5.74) is 5.09. The first-order chi connectivity index (χ1) is 9.56. The average molecular weight is 267 g/mol. The highest BCUT2D eigenvalue weighted by atomic mass is 16.3. The lowest BCUT2D eigenvalue weighted by Gasteiger charge is -2.13. The van der Waals surface area contributed by atoms with Gasteiger partial charge in [-0.05, 0) is 53.8 Å². The summed E-state index contributed by atoms with van der Waals surface area (Å²) in [6.07, 6.45) is -0.898. The van der Waals surface area contributed by atoms with Gasteiger partial charge in [0.05, 0.1) is 18.2 Å². The van der Waals surface area contributed by atoms with E-state index in [2.05, 4.69) is 6.07 Å². The average Bonchev–Trinajstić information content (AvgIpc) is 2.47. The van der Waals surface area contributed by atoms with Crippen LogP contribution in [0.4, 0.5) is 0 Å². The zero-order valence-corrected chi connectivity index (χ0v) is 11.6. The van der Waals surface area contributed by atoms with Crippen molar-refractivity contribution in [3.05, 3.63) is 58.7 Å². The van der Waals surface area contributed by atoms with Gasteiger partial charge < -0.3 is 10.2 Å². The maximum atomic E-state index is 9.75. The summed E-state index contributed by atoms with van der Waals surface area (Å²) in [6, 6.07) is 13.5. The van der Waals surface area contributed by atoms with Crippen LogP contribution in [0.25, 0.3) is 11.1 Å². The highest BCUT2D eigenvalue weighted by molar-refractivity contribution is 5.74. The second-order valence-electron chi connectivity index (χ2n) is 4.93. The Morgan fingerprint density at radius 3 is 2.50 bits per heavy atom. The first-order valence-corrected chi connectivity index (χ1v) is 6.47. The molecule has 0 radical (unpaired) electrons. The van der Waals surface area contributed by atoms with Crippen molar-refractivity contribution in [1.29, 1.82) is 5.26 Å². The van der Waals surface area contributed by atoms with Crippen molar-refractivity contribution in [2.45, 2.75) is 20.0 Å². The van der Waals surface area contributed by atoms with Crippen molar-refractivity contribution >= 4 is 0 Å².